The summed E-state index contributed by atoms with van der Waals surface area (Å²) in [7, 11) is 0. The van der Waals surface area contributed by atoms with Crippen LogP contribution >= 0.6 is 0 Å². The van der Waals surface area contributed by atoms with Crippen molar-refractivity contribution in [3.8, 4) is 0 Å². The van der Waals surface area contributed by atoms with Crippen LogP contribution in [0.5, 0.6) is 0 Å². The minimum Gasteiger partial charge on any atom is -0.316 e. The fourth-order valence-electron chi connectivity index (χ4n) is 4.01. The van der Waals surface area contributed by atoms with Gasteiger partial charge in [0.25, 0.3) is 0 Å². The molecule has 1 aromatic carbocycles. The topological polar surface area (TPSA) is 12.0 Å². The molecule has 0 saturated heterocycles. The first-order chi connectivity index (χ1) is 8.87. The summed E-state index contributed by atoms with van der Waals surface area (Å²) in [6.45, 7) is 4.50. The highest BCUT2D eigenvalue weighted by Gasteiger charge is 2.44. The van der Waals surface area contributed by atoms with E-state index in [-0.39, 0.29) is 0 Å². The zero-order valence-electron chi connectivity index (χ0n) is 11.5. The van der Waals surface area contributed by atoms with E-state index in [0.29, 0.717) is 5.41 Å². The molecule has 0 aromatic heterocycles. The van der Waals surface area contributed by atoms with Crippen molar-refractivity contribution >= 4 is 0 Å². The lowest BCUT2D eigenvalue weighted by Gasteiger charge is -2.49. The van der Waals surface area contributed by atoms with Crippen molar-refractivity contribution in [2.75, 3.05) is 13.1 Å². The molecule has 0 spiro atoms. The van der Waals surface area contributed by atoms with Gasteiger partial charge in [-0.25, -0.2) is 0 Å². The summed E-state index contributed by atoms with van der Waals surface area (Å²) in [6.07, 6.45) is 8.39. The summed E-state index contributed by atoms with van der Waals surface area (Å²) >= 11 is 0. The predicted molar refractivity (Wildman–Crippen MR) is 76.9 cm³/mol. The average molecular weight is 243 g/mol. The lowest BCUT2D eigenvalue weighted by Crippen LogP contribution is -2.49. The molecular weight excluding hydrogens is 218 g/mol. The van der Waals surface area contributed by atoms with Gasteiger partial charge in [0.2, 0.25) is 0 Å². The summed E-state index contributed by atoms with van der Waals surface area (Å²) in [5.74, 6) is 0.929. The largest absolute Gasteiger partial charge is 0.316 e. The summed E-state index contributed by atoms with van der Waals surface area (Å²) < 4.78 is 0. The van der Waals surface area contributed by atoms with E-state index >= 15 is 0 Å². The van der Waals surface area contributed by atoms with Crippen LogP contribution in [0.1, 0.15) is 50.2 Å². The molecule has 0 radical (unpaired) electrons. The van der Waals surface area contributed by atoms with Gasteiger partial charge in [0.05, 0.1) is 0 Å². The van der Waals surface area contributed by atoms with E-state index in [1.54, 1.807) is 11.1 Å². The standard InChI is InChI=1S/C17H25N/c1-2-18-13-17(15-9-5-10-15)12-6-8-14-7-3-4-11-16(14)17/h3-4,7,11,15,18H,2,5-6,8-10,12-13H2,1H3. The summed E-state index contributed by atoms with van der Waals surface area (Å²) in [5, 5.41) is 3.65. The Morgan fingerprint density at radius 2 is 2.06 bits per heavy atom. The lowest BCUT2D eigenvalue weighted by atomic mass is 9.57. The van der Waals surface area contributed by atoms with Crippen molar-refractivity contribution in [2.24, 2.45) is 5.92 Å². The highest BCUT2D eigenvalue weighted by atomic mass is 14.9. The third-order valence-electron chi connectivity index (χ3n) is 5.20. The van der Waals surface area contributed by atoms with Gasteiger partial charge in [-0.05, 0) is 55.7 Å². The van der Waals surface area contributed by atoms with Gasteiger partial charge in [-0.3, -0.25) is 0 Å². The molecule has 1 unspecified atom stereocenters. The summed E-state index contributed by atoms with van der Waals surface area (Å²) in [4.78, 5) is 0. The number of hydrogen-bond acceptors (Lipinski definition) is 1. The van der Waals surface area contributed by atoms with E-state index in [1.165, 1.54) is 45.1 Å². The third-order valence-corrected chi connectivity index (χ3v) is 5.20. The van der Waals surface area contributed by atoms with Crippen LogP contribution in [0.2, 0.25) is 0 Å². The van der Waals surface area contributed by atoms with E-state index < -0.39 is 0 Å². The van der Waals surface area contributed by atoms with E-state index in [2.05, 4.69) is 36.5 Å². The van der Waals surface area contributed by atoms with Crippen LogP contribution in [-0.2, 0) is 11.8 Å². The molecule has 2 aliphatic rings. The minimum atomic E-state index is 0.448. The van der Waals surface area contributed by atoms with Crippen LogP contribution in [-0.4, -0.2) is 13.1 Å². The van der Waals surface area contributed by atoms with E-state index in [1.807, 2.05) is 0 Å². The molecule has 1 saturated carbocycles. The highest BCUT2D eigenvalue weighted by molar-refractivity contribution is 5.38. The van der Waals surface area contributed by atoms with Crippen LogP contribution in [0.4, 0.5) is 0 Å². The molecule has 1 nitrogen and oxygen atoms in total. The Kier molecular flexibility index (Phi) is 3.43. The Balaban J connectivity index is 1.98. The van der Waals surface area contributed by atoms with Gasteiger partial charge in [-0.15, -0.1) is 0 Å². The first-order valence-corrected chi connectivity index (χ1v) is 7.66. The molecule has 98 valence electrons. The Hall–Kier alpha value is -0.820. The van der Waals surface area contributed by atoms with Crippen molar-refractivity contribution in [1.29, 1.82) is 0 Å². The van der Waals surface area contributed by atoms with Crippen LogP contribution in [0, 0.1) is 5.92 Å². The fraction of sp³-hybridized carbons (Fsp3) is 0.647. The van der Waals surface area contributed by atoms with Crippen molar-refractivity contribution in [2.45, 2.75) is 50.9 Å². The molecule has 0 heterocycles. The quantitative estimate of drug-likeness (QED) is 0.851. The smallest absolute Gasteiger partial charge is 0.0109 e. The summed E-state index contributed by atoms with van der Waals surface area (Å²) in [5.41, 5.74) is 3.73. The molecule has 1 fully saturated rings. The summed E-state index contributed by atoms with van der Waals surface area (Å²) in [6, 6.07) is 9.21. The maximum atomic E-state index is 3.65. The van der Waals surface area contributed by atoms with E-state index in [9.17, 15) is 0 Å². The van der Waals surface area contributed by atoms with Crippen molar-refractivity contribution in [3.63, 3.8) is 0 Å². The van der Waals surface area contributed by atoms with Gasteiger partial charge in [0.15, 0.2) is 0 Å². The molecule has 3 rings (SSSR count). The molecule has 1 atom stereocenters. The highest BCUT2D eigenvalue weighted by Crippen LogP contribution is 2.50. The monoisotopic (exact) mass is 243 g/mol. The van der Waals surface area contributed by atoms with E-state index in [4.69, 9.17) is 0 Å². The molecule has 1 aromatic rings. The van der Waals surface area contributed by atoms with Gasteiger partial charge in [0, 0.05) is 12.0 Å². The van der Waals surface area contributed by atoms with Gasteiger partial charge < -0.3 is 5.32 Å². The second-order valence-corrected chi connectivity index (χ2v) is 6.07. The zero-order valence-corrected chi connectivity index (χ0v) is 11.5. The maximum absolute atomic E-state index is 3.65. The van der Waals surface area contributed by atoms with Crippen molar-refractivity contribution in [3.05, 3.63) is 35.4 Å². The number of rotatable bonds is 4. The fourth-order valence-corrected chi connectivity index (χ4v) is 4.01. The van der Waals surface area contributed by atoms with Crippen LogP contribution in [0.25, 0.3) is 0 Å². The number of likely N-dealkylation sites (N-methyl/N-ethyl adjacent to an activating group) is 1. The molecule has 18 heavy (non-hydrogen) atoms. The molecule has 0 amide bonds. The third kappa shape index (κ3) is 1.89. The van der Waals surface area contributed by atoms with Crippen LogP contribution in [0.3, 0.4) is 0 Å². The molecule has 2 aliphatic carbocycles. The average Bonchev–Trinajstić information content (AvgIpc) is 2.35. The SMILES string of the molecule is CCNCC1(C2CCC2)CCCc2ccccc21. The molecule has 0 bridgehead atoms. The van der Waals surface area contributed by atoms with Crippen LogP contribution in [0.15, 0.2) is 24.3 Å². The zero-order chi connectivity index (χ0) is 12.4. The Morgan fingerprint density at radius 3 is 2.78 bits per heavy atom. The number of fused-ring (bicyclic) bond motifs is 1. The maximum Gasteiger partial charge on any atom is 0.0109 e. The normalized spacial score (nSPS) is 27.6. The second-order valence-electron chi connectivity index (χ2n) is 6.07. The number of nitrogens with one attached hydrogen (secondary N) is 1. The Bertz CT molecular complexity index is 408. The molecule has 1 N–H and O–H groups in total. The van der Waals surface area contributed by atoms with Gasteiger partial charge in [0.1, 0.15) is 0 Å². The van der Waals surface area contributed by atoms with Crippen molar-refractivity contribution in [1.82, 2.24) is 5.32 Å². The molecular formula is C17H25N. The number of benzene rings is 1. The Labute approximate surface area is 111 Å². The predicted octanol–water partition coefficient (Wildman–Crippen LogP) is 3.67. The molecule has 1 heteroatoms. The molecule has 0 aliphatic heterocycles. The first kappa shape index (κ1) is 12.2. The number of aryl methyl sites for hydroxylation is 1. The van der Waals surface area contributed by atoms with E-state index in [0.717, 1.165) is 12.5 Å². The first-order valence-electron chi connectivity index (χ1n) is 7.66. The number of hydrogen-bond donors (Lipinski definition) is 1. The minimum absolute atomic E-state index is 0.448. The van der Waals surface area contributed by atoms with Gasteiger partial charge in [-0.2, -0.15) is 0 Å². The van der Waals surface area contributed by atoms with Gasteiger partial charge in [-0.1, -0.05) is 37.6 Å². The second kappa shape index (κ2) is 5.05. The lowest BCUT2D eigenvalue weighted by molar-refractivity contribution is 0.138. The Morgan fingerprint density at radius 1 is 1.22 bits per heavy atom. The van der Waals surface area contributed by atoms with Crippen LogP contribution < -0.4 is 5.32 Å². The van der Waals surface area contributed by atoms with Gasteiger partial charge >= 0.3 is 0 Å². The van der Waals surface area contributed by atoms with Crippen molar-refractivity contribution < 1.29 is 0 Å².